The Morgan fingerprint density at radius 3 is 2.76 bits per heavy atom. The van der Waals surface area contributed by atoms with Gasteiger partial charge in [-0.3, -0.25) is 0 Å². The molecule has 0 saturated carbocycles. The minimum absolute atomic E-state index is 0.655. The van der Waals surface area contributed by atoms with Gasteiger partial charge in [0.25, 0.3) is 0 Å². The number of methoxy groups -OCH3 is 1. The summed E-state index contributed by atoms with van der Waals surface area (Å²) in [5.74, 6) is 2.18. The zero-order valence-corrected chi connectivity index (χ0v) is 14.5. The molecule has 0 saturated heterocycles. The Kier molecular flexibility index (Phi) is 3.76. The van der Waals surface area contributed by atoms with E-state index in [2.05, 4.69) is 15.3 Å². The lowest BCUT2D eigenvalue weighted by molar-refractivity contribution is 0.416. The van der Waals surface area contributed by atoms with E-state index >= 15 is 0 Å². The van der Waals surface area contributed by atoms with Crippen molar-refractivity contribution >= 4 is 33.6 Å². The maximum Gasteiger partial charge on any atom is 0.196 e. The summed E-state index contributed by atoms with van der Waals surface area (Å²) in [5.41, 5.74) is 4.27. The number of para-hydroxylation sites is 1. The Morgan fingerprint density at radius 1 is 1.12 bits per heavy atom. The molecule has 2 aromatic carbocycles. The molecule has 0 bridgehead atoms. The van der Waals surface area contributed by atoms with E-state index in [1.807, 2.05) is 56.3 Å². The van der Waals surface area contributed by atoms with Crippen molar-refractivity contribution in [2.24, 2.45) is 0 Å². The van der Waals surface area contributed by atoms with Gasteiger partial charge in [0, 0.05) is 11.8 Å². The summed E-state index contributed by atoms with van der Waals surface area (Å²) in [6, 6.07) is 13.9. The van der Waals surface area contributed by atoms with Gasteiger partial charge in [-0.2, -0.15) is 0 Å². The van der Waals surface area contributed by atoms with E-state index in [-0.39, 0.29) is 0 Å². The van der Waals surface area contributed by atoms with Gasteiger partial charge in [-0.1, -0.05) is 25.1 Å². The lowest BCUT2D eigenvalue weighted by Gasteiger charge is -2.12. The molecule has 0 fully saturated rings. The molecule has 4 aromatic rings. The van der Waals surface area contributed by atoms with Crippen LogP contribution in [-0.4, -0.2) is 17.1 Å². The van der Waals surface area contributed by atoms with Crippen LogP contribution in [0.5, 0.6) is 5.75 Å². The molecule has 5 heteroatoms. The SMILES string of the molecule is CCc1nc(Nc2cc(C)ccc2OC)c2oc3ccccc3c2n1. The molecule has 2 aromatic heterocycles. The number of rotatable bonds is 4. The number of anilines is 2. The zero-order chi connectivity index (χ0) is 17.4. The van der Waals surface area contributed by atoms with Gasteiger partial charge in [-0.05, 0) is 36.8 Å². The van der Waals surface area contributed by atoms with Crippen molar-refractivity contribution < 1.29 is 9.15 Å². The van der Waals surface area contributed by atoms with Crippen molar-refractivity contribution in [3.63, 3.8) is 0 Å². The van der Waals surface area contributed by atoms with E-state index in [9.17, 15) is 0 Å². The van der Waals surface area contributed by atoms with Crippen LogP contribution < -0.4 is 10.1 Å². The van der Waals surface area contributed by atoms with Crippen LogP contribution >= 0.6 is 0 Å². The first-order valence-electron chi connectivity index (χ1n) is 8.29. The molecule has 25 heavy (non-hydrogen) atoms. The summed E-state index contributed by atoms with van der Waals surface area (Å²) >= 11 is 0. The molecule has 5 nitrogen and oxygen atoms in total. The molecule has 0 atom stereocenters. The molecule has 2 heterocycles. The van der Waals surface area contributed by atoms with Crippen LogP contribution in [0.2, 0.25) is 0 Å². The van der Waals surface area contributed by atoms with Crippen LogP contribution in [0.1, 0.15) is 18.3 Å². The topological polar surface area (TPSA) is 60.2 Å². The maximum absolute atomic E-state index is 6.03. The number of fused-ring (bicyclic) bond motifs is 3. The van der Waals surface area contributed by atoms with E-state index in [0.717, 1.165) is 45.7 Å². The molecule has 0 spiro atoms. The third-order valence-corrected chi connectivity index (χ3v) is 4.19. The van der Waals surface area contributed by atoms with Gasteiger partial charge in [0.1, 0.15) is 22.7 Å². The molecule has 1 N–H and O–H groups in total. The largest absolute Gasteiger partial charge is 0.495 e. The Balaban J connectivity index is 1.93. The smallest absolute Gasteiger partial charge is 0.196 e. The Morgan fingerprint density at radius 2 is 1.96 bits per heavy atom. The number of ether oxygens (including phenoxy) is 1. The van der Waals surface area contributed by atoms with Crippen LogP contribution in [0.4, 0.5) is 11.5 Å². The Labute approximate surface area is 145 Å². The molecular formula is C20H19N3O2. The van der Waals surface area contributed by atoms with Gasteiger partial charge in [-0.15, -0.1) is 0 Å². The summed E-state index contributed by atoms with van der Waals surface area (Å²) in [5, 5.41) is 4.37. The fourth-order valence-electron chi connectivity index (χ4n) is 2.93. The monoisotopic (exact) mass is 333 g/mol. The normalized spacial score (nSPS) is 11.2. The first kappa shape index (κ1) is 15.4. The molecule has 0 aliphatic rings. The van der Waals surface area contributed by atoms with Gasteiger partial charge in [0.15, 0.2) is 11.4 Å². The summed E-state index contributed by atoms with van der Waals surface area (Å²) in [6.07, 6.45) is 0.745. The van der Waals surface area contributed by atoms with E-state index in [1.54, 1.807) is 7.11 Å². The predicted molar refractivity (Wildman–Crippen MR) is 99.7 cm³/mol. The molecule has 126 valence electrons. The fraction of sp³-hybridized carbons (Fsp3) is 0.200. The minimum atomic E-state index is 0.655. The third-order valence-electron chi connectivity index (χ3n) is 4.19. The highest BCUT2D eigenvalue weighted by Crippen LogP contribution is 2.35. The van der Waals surface area contributed by atoms with E-state index in [1.165, 1.54) is 0 Å². The number of hydrogen-bond donors (Lipinski definition) is 1. The average Bonchev–Trinajstić information content (AvgIpc) is 3.01. The van der Waals surface area contributed by atoms with Crippen molar-refractivity contribution in [2.75, 3.05) is 12.4 Å². The van der Waals surface area contributed by atoms with Crippen molar-refractivity contribution in [3.8, 4) is 5.75 Å². The van der Waals surface area contributed by atoms with Crippen molar-refractivity contribution in [3.05, 3.63) is 53.9 Å². The van der Waals surface area contributed by atoms with E-state index in [0.29, 0.717) is 11.4 Å². The fourth-order valence-corrected chi connectivity index (χ4v) is 2.93. The highest BCUT2D eigenvalue weighted by Gasteiger charge is 2.16. The highest BCUT2D eigenvalue weighted by atomic mass is 16.5. The van der Waals surface area contributed by atoms with Gasteiger partial charge in [-0.25, -0.2) is 9.97 Å². The lowest BCUT2D eigenvalue weighted by atomic mass is 10.2. The number of benzene rings is 2. The molecular weight excluding hydrogens is 314 g/mol. The maximum atomic E-state index is 6.03. The molecule has 0 radical (unpaired) electrons. The molecule has 0 unspecified atom stereocenters. The van der Waals surface area contributed by atoms with E-state index in [4.69, 9.17) is 9.15 Å². The first-order valence-corrected chi connectivity index (χ1v) is 8.29. The van der Waals surface area contributed by atoms with Crippen molar-refractivity contribution in [2.45, 2.75) is 20.3 Å². The molecule has 0 amide bonds. The minimum Gasteiger partial charge on any atom is -0.495 e. The van der Waals surface area contributed by atoms with Crippen LogP contribution in [0.15, 0.2) is 46.9 Å². The van der Waals surface area contributed by atoms with Crippen LogP contribution in [0.25, 0.3) is 22.1 Å². The molecule has 0 aliphatic heterocycles. The summed E-state index contributed by atoms with van der Waals surface area (Å²) in [4.78, 5) is 9.31. The predicted octanol–water partition coefficient (Wildman–Crippen LogP) is 5.00. The van der Waals surface area contributed by atoms with Crippen LogP contribution in [-0.2, 0) is 6.42 Å². The van der Waals surface area contributed by atoms with Crippen LogP contribution in [0.3, 0.4) is 0 Å². The second kappa shape index (κ2) is 6.09. The first-order chi connectivity index (χ1) is 12.2. The molecule has 4 rings (SSSR count). The number of furan rings is 1. The van der Waals surface area contributed by atoms with Gasteiger partial charge < -0.3 is 14.5 Å². The number of aryl methyl sites for hydroxylation is 2. The zero-order valence-electron chi connectivity index (χ0n) is 14.5. The second-order valence-corrected chi connectivity index (χ2v) is 5.95. The number of aromatic nitrogens is 2. The van der Waals surface area contributed by atoms with Crippen molar-refractivity contribution in [1.29, 1.82) is 0 Å². The number of nitrogens with one attached hydrogen (secondary N) is 1. The number of hydrogen-bond acceptors (Lipinski definition) is 5. The summed E-state index contributed by atoms with van der Waals surface area (Å²) in [7, 11) is 1.66. The molecule has 0 aliphatic carbocycles. The second-order valence-electron chi connectivity index (χ2n) is 5.95. The highest BCUT2D eigenvalue weighted by molar-refractivity contribution is 6.06. The van der Waals surface area contributed by atoms with Gasteiger partial charge in [0.05, 0.1) is 12.8 Å². The van der Waals surface area contributed by atoms with Crippen molar-refractivity contribution in [1.82, 2.24) is 9.97 Å². The Hall–Kier alpha value is -3.08. The van der Waals surface area contributed by atoms with Gasteiger partial charge >= 0.3 is 0 Å². The Bertz CT molecular complexity index is 1070. The number of nitrogens with zero attached hydrogens (tertiary/aromatic N) is 2. The summed E-state index contributed by atoms with van der Waals surface area (Å²) < 4.78 is 11.5. The quantitative estimate of drug-likeness (QED) is 0.569. The van der Waals surface area contributed by atoms with Crippen LogP contribution in [0, 0.1) is 6.92 Å². The standard InChI is InChI=1S/C20H19N3O2/c1-4-17-22-18-13-7-5-6-8-15(13)25-19(18)20(23-17)21-14-11-12(2)9-10-16(14)24-3/h5-11H,4H2,1-3H3,(H,21,22,23). The van der Waals surface area contributed by atoms with E-state index < -0.39 is 0 Å². The third kappa shape index (κ3) is 2.67. The van der Waals surface area contributed by atoms with Gasteiger partial charge in [0.2, 0.25) is 0 Å². The summed E-state index contributed by atoms with van der Waals surface area (Å²) in [6.45, 7) is 4.08. The average molecular weight is 333 g/mol. The lowest BCUT2D eigenvalue weighted by Crippen LogP contribution is -2.01.